The summed E-state index contributed by atoms with van der Waals surface area (Å²) in [5.41, 5.74) is 14.0. The van der Waals surface area contributed by atoms with E-state index in [2.05, 4.69) is 25.4 Å². The summed E-state index contributed by atoms with van der Waals surface area (Å²) >= 11 is 0. The standard InChI is InChI=1S/C13H21N3/c1-5-13(9-7-11(3)15)16-12(4)8-6-10(2)14/h6-9,16H,2,4-5,14-15H2,1,3H3/b8-6-,11-7+,13-9+. The Kier molecular flexibility index (Phi) is 6.52. The molecule has 0 aromatic carbocycles. The van der Waals surface area contributed by atoms with Crippen LogP contribution in [-0.2, 0) is 0 Å². The van der Waals surface area contributed by atoms with Crippen LogP contribution in [0.4, 0.5) is 0 Å². The monoisotopic (exact) mass is 219 g/mol. The van der Waals surface area contributed by atoms with E-state index in [1.807, 2.05) is 19.1 Å². The van der Waals surface area contributed by atoms with Crippen LogP contribution in [0, 0.1) is 0 Å². The maximum atomic E-state index is 5.55. The molecule has 0 radical (unpaired) electrons. The van der Waals surface area contributed by atoms with E-state index in [0.717, 1.165) is 23.5 Å². The van der Waals surface area contributed by atoms with Gasteiger partial charge in [0.1, 0.15) is 0 Å². The second kappa shape index (κ2) is 7.40. The Morgan fingerprint density at radius 2 is 1.81 bits per heavy atom. The number of hydrogen-bond acceptors (Lipinski definition) is 3. The van der Waals surface area contributed by atoms with Crippen molar-refractivity contribution in [3.8, 4) is 0 Å². The third kappa shape index (κ3) is 7.50. The van der Waals surface area contributed by atoms with Crippen LogP contribution in [0.1, 0.15) is 20.3 Å². The molecule has 3 heteroatoms. The fourth-order valence-electron chi connectivity index (χ4n) is 0.935. The Bertz CT molecular complexity index is 342. The maximum absolute atomic E-state index is 5.55. The molecule has 0 aliphatic heterocycles. The zero-order chi connectivity index (χ0) is 12.6. The molecule has 0 saturated carbocycles. The van der Waals surface area contributed by atoms with Gasteiger partial charge >= 0.3 is 0 Å². The van der Waals surface area contributed by atoms with Crippen LogP contribution in [0.3, 0.4) is 0 Å². The molecular weight excluding hydrogens is 198 g/mol. The highest BCUT2D eigenvalue weighted by Gasteiger charge is 1.92. The molecule has 3 nitrogen and oxygen atoms in total. The van der Waals surface area contributed by atoms with Crippen LogP contribution in [0.2, 0.25) is 0 Å². The first-order chi connectivity index (χ1) is 7.45. The molecule has 0 fully saturated rings. The normalized spacial score (nSPS) is 12.9. The maximum Gasteiger partial charge on any atom is 0.0309 e. The smallest absolute Gasteiger partial charge is 0.0309 e. The van der Waals surface area contributed by atoms with E-state index in [9.17, 15) is 0 Å². The van der Waals surface area contributed by atoms with Gasteiger partial charge in [0.05, 0.1) is 0 Å². The molecule has 0 heterocycles. The summed E-state index contributed by atoms with van der Waals surface area (Å²) in [6.45, 7) is 11.3. The second-order valence-corrected chi connectivity index (χ2v) is 3.51. The van der Waals surface area contributed by atoms with Crippen LogP contribution in [-0.4, -0.2) is 0 Å². The fraction of sp³-hybridized carbons (Fsp3) is 0.231. The molecule has 0 rings (SSSR count). The summed E-state index contributed by atoms with van der Waals surface area (Å²) in [6.07, 6.45) is 8.15. The van der Waals surface area contributed by atoms with Gasteiger partial charge in [-0.2, -0.15) is 0 Å². The number of nitrogens with two attached hydrogens (primary N) is 2. The predicted molar refractivity (Wildman–Crippen MR) is 71.1 cm³/mol. The topological polar surface area (TPSA) is 64.1 Å². The molecule has 16 heavy (non-hydrogen) atoms. The van der Waals surface area contributed by atoms with E-state index in [1.165, 1.54) is 0 Å². The highest BCUT2D eigenvalue weighted by atomic mass is 14.9. The lowest BCUT2D eigenvalue weighted by Crippen LogP contribution is -2.10. The molecule has 0 amide bonds. The molecule has 0 bridgehead atoms. The SMILES string of the molecule is C=C(N)/C=C\C(=C)N/C(=C/C=C(\C)N)CC. The van der Waals surface area contributed by atoms with E-state index in [4.69, 9.17) is 11.5 Å². The van der Waals surface area contributed by atoms with Crippen molar-refractivity contribution >= 4 is 0 Å². The minimum Gasteiger partial charge on any atom is -0.402 e. The molecule has 0 aromatic heterocycles. The summed E-state index contributed by atoms with van der Waals surface area (Å²) in [6, 6.07) is 0. The Morgan fingerprint density at radius 3 is 2.25 bits per heavy atom. The lowest BCUT2D eigenvalue weighted by atomic mass is 10.2. The fourth-order valence-corrected chi connectivity index (χ4v) is 0.935. The first-order valence-corrected chi connectivity index (χ1v) is 5.17. The van der Waals surface area contributed by atoms with Crippen molar-refractivity contribution in [2.45, 2.75) is 20.3 Å². The van der Waals surface area contributed by atoms with Gasteiger partial charge in [0.2, 0.25) is 0 Å². The van der Waals surface area contributed by atoms with Crippen molar-refractivity contribution in [1.82, 2.24) is 5.32 Å². The summed E-state index contributed by atoms with van der Waals surface area (Å²) in [4.78, 5) is 0. The van der Waals surface area contributed by atoms with Crippen LogP contribution >= 0.6 is 0 Å². The molecule has 88 valence electrons. The van der Waals surface area contributed by atoms with Crippen LogP contribution < -0.4 is 16.8 Å². The Balaban J connectivity index is 4.44. The Hall–Kier alpha value is -1.90. The summed E-state index contributed by atoms with van der Waals surface area (Å²) in [7, 11) is 0. The van der Waals surface area contributed by atoms with Gasteiger partial charge in [0.25, 0.3) is 0 Å². The van der Waals surface area contributed by atoms with Crippen molar-refractivity contribution in [2.24, 2.45) is 11.5 Å². The first-order valence-electron chi connectivity index (χ1n) is 5.17. The largest absolute Gasteiger partial charge is 0.402 e. The molecule has 0 aromatic rings. The van der Waals surface area contributed by atoms with Crippen LogP contribution in [0.5, 0.6) is 0 Å². The number of allylic oxidation sites excluding steroid dienone is 6. The van der Waals surface area contributed by atoms with Crippen molar-refractivity contribution in [3.05, 3.63) is 60.3 Å². The van der Waals surface area contributed by atoms with E-state index >= 15 is 0 Å². The van der Waals surface area contributed by atoms with Crippen molar-refractivity contribution in [2.75, 3.05) is 0 Å². The summed E-state index contributed by atoms with van der Waals surface area (Å²) in [5, 5.41) is 3.16. The number of nitrogens with one attached hydrogen (secondary N) is 1. The summed E-state index contributed by atoms with van der Waals surface area (Å²) in [5.74, 6) is 0. The Morgan fingerprint density at radius 1 is 1.19 bits per heavy atom. The molecule has 0 aliphatic carbocycles. The van der Waals surface area contributed by atoms with Gasteiger partial charge in [-0.15, -0.1) is 0 Å². The highest BCUT2D eigenvalue weighted by molar-refractivity contribution is 5.25. The average molecular weight is 219 g/mol. The lowest BCUT2D eigenvalue weighted by Gasteiger charge is -2.08. The van der Waals surface area contributed by atoms with Gasteiger partial charge in [-0.25, -0.2) is 0 Å². The highest BCUT2D eigenvalue weighted by Crippen LogP contribution is 2.02. The molecular formula is C13H21N3. The van der Waals surface area contributed by atoms with E-state index in [-0.39, 0.29) is 0 Å². The van der Waals surface area contributed by atoms with Gasteiger partial charge in [-0.3, -0.25) is 0 Å². The summed E-state index contributed by atoms with van der Waals surface area (Å²) < 4.78 is 0. The van der Waals surface area contributed by atoms with E-state index < -0.39 is 0 Å². The van der Waals surface area contributed by atoms with E-state index in [1.54, 1.807) is 12.2 Å². The number of hydrogen-bond donors (Lipinski definition) is 3. The van der Waals surface area contributed by atoms with E-state index in [0.29, 0.717) is 5.70 Å². The molecule has 0 spiro atoms. The first kappa shape index (κ1) is 14.1. The van der Waals surface area contributed by atoms with Crippen LogP contribution in [0.25, 0.3) is 0 Å². The van der Waals surface area contributed by atoms with Gasteiger partial charge in [-0.05, 0) is 37.6 Å². The molecule has 0 saturated heterocycles. The third-order valence-electron chi connectivity index (χ3n) is 1.75. The minimum atomic E-state index is 0.502. The molecule has 0 atom stereocenters. The van der Waals surface area contributed by atoms with Crippen molar-refractivity contribution in [3.63, 3.8) is 0 Å². The van der Waals surface area contributed by atoms with Crippen LogP contribution in [0.15, 0.2) is 60.3 Å². The zero-order valence-electron chi connectivity index (χ0n) is 10.1. The Labute approximate surface area is 97.9 Å². The predicted octanol–water partition coefficient (Wildman–Crippen LogP) is 2.27. The second-order valence-electron chi connectivity index (χ2n) is 3.51. The van der Waals surface area contributed by atoms with Gasteiger partial charge < -0.3 is 16.8 Å². The van der Waals surface area contributed by atoms with Crippen molar-refractivity contribution in [1.29, 1.82) is 0 Å². The van der Waals surface area contributed by atoms with Crippen molar-refractivity contribution < 1.29 is 0 Å². The quantitative estimate of drug-likeness (QED) is 0.600. The van der Waals surface area contributed by atoms with Gasteiger partial charge in [0, 0.05) is 22.8 Å². The lowest BCUT2D eigenvalue weighted by molar-refractivity contribution is 0.914. The number of rotatable bonds is 6. The average Bonchev–Trinajstić information content (AvgIpc) is 2.20. The van der Waals surface area contributed by atoms with Gasteiger partial charge in [0.15, 0.2) is 0 Å². The van der Waals surface area contributed by atoms with Gasteiger partial charge in [-0.1, -0.05) is 20.1 Å². The molecule has 5 N–H and O–H groups in total. The third-order valence-corrected chi connectivity index (χ3v) is 1.75. The molecule has 0 unspecified atom stereocenters. The minimum absolute atomic E-state index is 0.502. The molecule has 0 aliphatic rings. The zero-order valence-corrected chi connectivity index (χ0v) is 10.1.